The van der Waals surface area contributed by atoms with Crippen LogP contribution in [0.4, 0.5) is 11.4 Å². The topological polar surface area (TPSA) is 50.9 Å². The molecule has 1 aromatic heterocycles. The summed E-state index contributed by atoms with van der Waals surface area (Å²) in [5, 5.41) is 4.24. The number of halogens is 1. The van der Waals surface area contributed by atoms with Crippen LogP contribution in [0, 0.1) is 0 Å². The normalized spacial score (nSPS) is 24.6. The van der Waals surface area contributed by atoms with Gasteiger partial charge in [0.25, 0.3) is 0 Å². The molecule has 1 aliphatic carbocycles. The van der Waals surface area contributed by atoms with Gasteiger partial charge < -0.3 is 11.1 Å². The highest BCUT2D eigenvalue weighted by Crippen LogP contribution is 2.34. The second-order valence-electron chi connectivity index (χ2n) is 4.04. The lowest BCUT2D eigenvalue weighted by Crippen LogP contribution is -2.26. The fraction of sp³-hybridized carbons (Fsp3) is 0.545. The van der Waals surface area contributed by atoms with Gasteiger partial charge in [-0.2, -0.15) is 11.8 Å². The van der Waals surface area contributed by atoms with Crippen molar-refractivity contribution < 1.29 is 0 Å². The van der Waals surface area contributed by atoms with Crippen LogP contribution < -0.4 is 11.1 Å². The molecule has 16 heavy (non-hydrogen) atoms. The standard InChI is InChI=1S/C11H16BrN3S/c1-16-10-4-2-3-9(10)15-11-7(12)5-14-6-8(11)13/h5-6,9-10H,2-4,13H2,1H3,(H,14,15). The van der Waals surface area contributed by atoms with Crippen molar-refractivity contribution in [2.45, 2.75) is 30.6 Å². The Morgan fingerprint density at radius 2 is 2.31 bits per heavy atom. The molecule has 0 radical (unpaired) electrons. The predicted molar refractivity (Wildman–Crippen MR) is 74.9 cm³/mol. The van der Waals surface area contributed by atoms with Crippen LogP contribution >= 0.6 is 27.7 Å². The molecule has 0 spiro atoms. The maximum atomic E-state index is 5.92. The van der Waals surface area contributed by atoms with Gasteiger partial charge in [-0.05, 0) is 35.0 Å². The quantitative estimate of drug-likeness (QED) is 0.900. The molecule has 0 bridgehead atoms. The maximum Gasteiger partial charge on any atom is 0.0752 e. The van der Waals surface area contributed by atoms with Crippen LogP contribution in [0.2, 0.25) is 0 Å². The first kappa shape index (κ1) is 12.0. The molecule has 88 valence electrons. The predicted octanol–water partition coefficient (Wildman–Crippen LogP) is 3.12. The van der Waals surface area contributed by atoms with Gasteiger partial charge in [0.05, 0.1) is 22.0 Å². The van der Waals surface area contributed by atoms with Gasteiger partial charge in [0.15, 0.2) is 0 Å². The van der Waals surface area contributed by atoms with Gasteiger partial charge in [0.2, 0.25) is 0 Å². The van der Waals surface area contributed by atoms with Crippen molar-refractivity contribution in [1.29, 1.82) is 0 Å². The minimum Gasteiger partial charge on any atom is -0.396 e. The molecule has 1 saturated carbocycles. The number of rotatable bonds is 3. The van der Waals surface area contributed by atoms with E-state index >= 15 is 0 Å². The number of pyridine rings is 1. The largest absolute Gasteiger partial charge is 0.396 e. The van der Waals surface area contributed by atoms with Gasteiger partial charge in [0.1, 0.15) is 0 Å². The Morgan fingerprint density at radius 3 is 3.00 bits per heavy atom. The van der Waals surface area contributed by atoms with E-state index in [2.05, 4.69) is 32.5 Å². The Bertz CT molecular complexity index is 352. The second kappa shape index (κ2) is 5.27. The minimum absolute atomic E-state index is 0.524. The zero-order chi connectivity index (χ0) is 11.5. The third-order valence-electron chi connectivity index (χ3n) is 3.01. The molecule has 2 atom stereocenters. The van der Waals surface area contributed by atoms with Crippen molar-refractivity contribution >= 4 is 39.1 Å². The summed E-state index contributed by atoms with van der Waals surface area (Å²) in [4.78, 5) is 4.04. The van der Waals surface area contributed by atoms with Gasteiger partial charge in [-0.1, -0.05) is 6.42 Å². The minimum atomic E-state index is 0.524. The molecule has 0 saturated heterocycles. The van der Waals surface area contributed by atoms with E-state index in [9.17, 15) is 0 Å². The molecule has 0 amide bonds. The number of aromatic nitrogens is 1. The molecule has 1 fully saturated rings. The van der Waals surface area contributed by atoms with Crippen LogP contribution in [-0.2, 0) is 0 Å². The van der Waals surface area contributed by atoms with E-state index < -0.39 is 0 Å². The van der Waals surface area contributed by atoms with Crippen molar-refractivity contribution in [3.05, 3.63) is 16.9 Å². The van der Waals surface area contributed by atoms with E-state index in [4.69, 9.17) is 5.73 Å². The third-order valence-corrected chi connectivity index (χ3v) is 4.79. The first-order valence-corrected chi connectivity index (χ1v) is 7.48. The molecule has 3 nitrogen and oxygen atoms in total. The van der Waals surface area contributed by atoms with Crippen molar-refractivity contribution in [3.8, 4) is 0 Å². The Hall–Kier alpha value is -0.420. The summed E-state index contributed by atoms with van der Waals surface area (Å²) in [7, 11) is 0. The van der Waals surface area contributed by atoms with E-state index in [1.165, 1.54) is 19.3 Å². The molecule has 3 N–H and O–H groups in total. The van der Waals surface area contributed by atoms with E-state index in [-0.39, 0.29) is 0 Å². The van der Waals surface area contributed by atoms with Crippen LogP contribution in [0.15, 0.2) is 16.9 Å². The number of nitrogen functional groups attached to an aromatic ring is 1. The van der Waals surface area contributed by atoms with Crippen LogP contribution in [0.3, 0.4) is 0 Å². The highest BCUT2D eigenvalue weighted by Gasteiger charge is 2.27. The summed E-state index contributed by atoms with van der Waals surface area (Å²) in [5.74, 6) is 0. The van der Waals surface area contributed by atoms with Crippen molar-refractivity contribution in [2.75, 3.05) is 17.3 Å². The highest BCUT2D eigenvalue weighted by molar-refractivity contribution is 9.10. The van der Waals surface area contributed by atoms with Gasteiger partial charge in [-0.25, -0.2) is 0 Å². The Kier molecular flexibility index (Phi) is 3.97. The van der Waals surface area contributed by atoms with Crippen LogP contribution in [0.5, 0.6) is 0 Å². The molecular formula is C11H16BrN3S. The van der Waals surface area contributed by atoms with E-state index in [0.29, 0.717) is 17.0 Å². The van der Waals surface area contributed by atoms with Crippen molar-refractivity contribution in [3.63, 3.8) is 0 Å². The van der Waals surface area contributed by atoms with E-state index in [0.717, 1.165) is 10.2 Å². The molecular weight excluding hydrogens is 286 g/mol. The fourth-order valence-corrected chi connectivity index (χ4v) is 3.56. The van der Waals surface area contributed by atoms with Crippen LogP contribution in [0.1, 0.15) is 19.3 Å². The summed E-state index contributed by atoms with van der Waals surface area (Å²) in [6.07, 6.45) is 9.46. The lowest BCUT2D eigenvalue weighted by Gasteiger charge is -2.22. The molecule has 0 aromatic carbocycles. The van der Waals surface area contributed by atoms with Gasteiger partial charge >= 0.3 is 0 Å². The molecule has 1 aliphatic rings. The number of hydrogen-bond donors (Lipinski definition) is 2. The summed E-state index contributed by atoms with van der Waals surface area (Å²) < 4.78 is 0.944. The molecule has 5 heteroatoms. The second-order valence-corrected chi connectivity index (χ2v) is 5.97. The highest BCUT2D eigenvalue weighted by atomic mass is 79.9. The lowest BCUT2D eigenvalue weighted by molar-refractivity contribution is 0.768. The first-order chi connectivity index (χ1) is 7.72. The van der Waals surface area contributed by atoms with E-state index in [1.807, 2.05) is 11.8 Å². The number of nitrogens with zero attached hydrogens (tertiary/aromatic N) is 1. The Labute approximate surface area is 109 Å². The molecule has 2 rings (SSSR count). The fourth-order valence-electron chi connectivity index (χ4n) is 2.16. The number of nitrogens with two attached hydrogens (primary N) is 1. The average Bonchev–Trinajstić information content (AvgIpc) is 2.71. The summed E-state index contributed by atoms with van der Waals surface area (Å²) in [5.41, 5.74) is 7.62. The Morgan fingerprint density at radius 1 is 1.50 bits per heavy atom. The first-order valence-electron chi connectivity index (χ1n) is 5.40. The average molecular weight is 302 g/mol. The van der Waals surface area contributed by atoms with E-state index in [1.54, 1.807) is 12.4 Å². The maximum absolute atomic E-state index is 5.92. The van der Waals surface area contributed by atoms with Gasteiger partial charge in [-0.15, -0.1) is 0 Å². The van der Waals surface area contributed by atoms with Crippen molar-refractivity contribution in [1.82, 2.24) is 4.98 Å². The summed E-state index contributed by atoms with van der Waals surface area (Å²) in [6.45, 7) is 0. The zero-order valence-electron chi connectivity index (χ0n) is 9.24. The number of nitrogens with one attached hydrogen (secondary N) is 1. The van der Waals surface area contributed by atoms with Crippen molar-refractivity contribution in [2.24, 2.45) is 0 Å². The Balaban J connectivity index is 2.14. The van der Waals surface area contributed by atoms with Gasteiger partial charge in [-0.3, -0.25) is 4.98 Å². The molecule has 2 unspecified atom stereocenters. The van der Waals surface area contributed by atoms with Gasteiger partial charge in [0, 0.05) is 17.5 Å². The monoisotopic (exact) mass is 301 g/mol. The number of thioether (sulfide) groups is 1. The van der Waals surface area contributed by atoms with Crippen LogP contribution in [-0.4, -0.2) is 22.5 Å². The lowest BCUT2D eigenvalue weighted by atomic mass is 10.2. The summed E-state index contributed by atoms with van der Waals surface area (Å²) in [6, 6.07) is 0.524. The SMILES string of the molecule is CSC1CCCC1Nc1c(N)cncc1Br. The molecule has 0 aliphatic heterocycles. The molecule has 1 heterocycles. The number of anilines is 2. The third kappa shape index (κ3) is 2.46. The number of hydrogen-bond acceptors (Lipinski definition) is 4. The smallest absolute Gasteiger partial charge is 0.0752 e. The molecule has 1 aromatic rings. The van der Waals surface area contributed by atoms with Crippen LogP contribution in [0.25, 0.3) is 0 Å². The zero-order valence-corrected chi connectivity index (χ0v) is 11.6. The summed E-state index contributed by atoms with van der Waals surface area (Å²) >= 11 is 5.42.